The summed E-state index contributed by atoms with van der Waals surface area (Å²) in [4.78, 5) is 0. The van der Waals surface area contributed by atoms with E-state index in [-0.39, 0.29) is 12.0 Å². The van der Waals surface area contributed by atoms with E-state index in [2.05, 4.69) is 0 Å². The van der Waals surface area contributed by atoms with Gasteiger partial charge in [-0.2, -0.15) is 4.31 Å². The van der Waals surface area contributed by atoms with Gasteiger partial charge in [-0.25, -0.2) is 8.42 Å². The van der Waals surface area contributed by atoms with Crippen LogP contribution in [-0.2, 0) is 20.5 Å². The summed E-state index contributed by atoms with van der Waals surface area (Å²) < 4.78 is 30.8. The van der Waals surface area contributed by atoms with E-state index in [1.807, 2.05) is 30.3 Å². The van der Waals surface area contributed by atoms with Crippen LogP contribution in [0.4, 0.5) is 0 Å². The van der Waals surface area contributed by atoms with Gasteiger partial charge in [0, 0.05) is 6.54 Å². The molecular weight excluding hydrogens is 226 g/mol. The Bertz CT molecular complexity index is 444. The van der Waals surface area contributed by atoms with Gasteiger partial charge in [-0.05, 0) is 12.5 Å². The number of hydrogen-bond donors (Lipinski definition) is 0. The second-order valence-corrected chi connectivity index (χ2v) is 5.74. The van der Waals surface area contributed by atoms with Gasteiger partial charge in [0.05, 0.1) is 12.4 Å². The van der Waals surface area contributed by atoms with Crippen molar-refractivity contribution in [2.24, 2.45) is 0 Å². The van der Waals surface area contributed by atoms with E-state index in [9.17, 15) is 8.42 Å². The van der Waals surface area contributed by atoms with Crippen LogP contribution in [0.2, 0.25) is 0 Å². The van der Waals surface area contributed by atoms with Crippen LogP contribution in [0.15, 0.2) is 30.3 Å². The van der Waals surface area contributed by atoms with Gasteiger partial charge in [0.1, 0.15) is 6.23 Å². The Labute approximate surface area is 95.9 Å². The summed E-state index contributed by atoms with van der Waals surface area (Å²) in [7, 11) is -3.25. The normalized spacial score (nSPS) is 22.4. The molecule has 2 rings (SSSR count). The molecule has 0 bridgehead atoms. The molecular formula is C11H15NO3S. The van der Waals surface area contributed by atoms with Crippen molar-refractivity contribution in [3.8, 4) is 0 Å². The third kappa shape index (κ3) is 2.42. The molecule has 1 atom stereocenters. The van der Waals surface area contributed by atoms with Gasteiger partial charge in [-0.15, -0.1) is 0 Å². The topological polar surface area (TPSA) is 46.6 Å². The zero-order chi connectivity index (χ0) is 11.6. The summed E-state index contributed by atoms with van der Waals surface area (Å²) >= 11 is 0. The van der Waals surface area contributed by atoms with Crippen molar-refractivity contribution in [1.82, 2.24) is 4.31 Å². The first kappa shape index (κ1) is 11.6. The fourth-order valence-corrected chi connectivity index (χ4v) is 3.46. The number of sulfonamides is 1. The molecule has 0 spiro atoms. The van der Waals surface area contributed by atoms with Gasteiger partial charge >= 0.3 is 0 Å². The molecule has 0 N–H and O–H groups in total. The van der Waals surface area contributed by atoms with Crippen molar-refractivity contribution >= 4 is 10.0 Å². The molecule has 1 fully saturated rings. The van der Waals surface area contributed by atoms with E-state index in [0.29, 0.717) is 13.2 Å². The standard InChI is InChI=1S/C11H15NO3S/c1-10-12(7-8-15-10)16(13,14)9-11-5-3-2-4-6-11/h2-6,10H,7-9H2,1H3. The molecule has 1 saturated heterocycles. The zero-order valence-corrected chi connectivity index (χ0v) is 9.98. The van der Waals surface area contributed by atoms with Crippen molar-refractivity contribution in [1.29, 1.82) is 0 Å². The Balaban J connectivity index is 2.14. The first-order chi connectivity index (χ1) is 7.59. The van der Waals surface area contributed by atoms with E-state index in [4.69, 9.17) is 4.74 Å². The largest absolute Gasteiger partial charge is 0.361 e. The van der Waals surface area contributed by atoms with Crippen LogP contribution in [-0.4, -0.2) is 32.1 Å². The summed E-state index contributed by atoms with van der Waals surface area (Å²) in [5, 5.41) is 0. The Morgan fingerprint density at radius 2 is 2.06 bits per heavy atom. The third-order valence-corrected chi connectivity index (χ3v) is 4.52. The lowest BCUT2D eigenvalue weighted by Gasteiger charge is -2.19. The summed E-state index contributed by atoms with van der Waals surface area (Å²) in [5.74, 6) is 0.0432. The minimum absolute atomic E-state index is 0.0432. The van der Waals surface area contributed by atoms with Gasteiger partial charge in [0.2, 0.25) is 10.0 Å². The van der Waals surface area contributed by atoms with E-state index in [1.54, 1.807) is 6.92 Å². The molecule has 1 aromatic carbocycles. The monoisotopic (exact) mass is 241 g/mol. The second kappa shape index (κ2) is 4.53. The molecule has 1 aliphatic heterocycles. The molecule has 0 amide bonds. The molecule has 1 aliphatic rings. The van der Waals surface area contributed by atoms with Gasteiger partial charge in [0.15, 0.2) is 0 Å². The van der Waals surface area contributed by atoms with Crippen molar-refractivity contribution in [2.45, 2.75) is 18.9 Å². The maximum atomic E-state index is 12.1. The Morgan fingerprint density at radius 1 is 1.38 bits per heavy atom. The fraction of sp³-hybridized carbons (Fsp3) is 0.455. The molecule has 4 nitrogen and oxygen atoms in total. The number of benzene rings is 1. The molecule has 1 aromatic rings. The van der Waals surface area contributed by atoms with E-state index >= 15 is 0 Å². The highest BCUT2D eigenvalue weighted by molar-refractivity contribution is 7.88. The van der Waals surface area contributed by atoms with E-state index in [0.717, 1.165) is 5.56 Å². The van der Waals surface area contributed by atoms with Crippen LogP contribution in [0.3, 0.4) is 0 Å². The Morgan fingerprint density at radius 3 is 2.62 bits per heavy atom. The Hall–Kier alpha value is -0.910. The number of ether oxygens (including phenoxy) is 1. The van der Waals surface area contributed by atoms with Crippen LogP contribution in [0, 0.1) is 0 Å². The predicted octanol–water partition coefficient (Wildman–Crippen LogP) is 1.19. The maximum Gasteiger partial charge on any atom is 0.220 e. The van der Waals surface area contributed by atoms with Gasteiger partial charge in [-0.3, -0.25) is 0 Å². The van der Waals surface area contributed by atoms with E-state index < -0.39 is 10.0 Å². The highest BCUT2D eigenvalue weighted by Gasteiger charge is 2.31. The van der Waals surface area contributed by atoms with E-state index in [1.165, 1.54) is 4.31 Å². The lowest BCUT2D eigenvalue weighted by molar-refractivity contribution is 0.0846. The molecule has 0 radical (unpaired) electrons. The van der Waals surface area contributed by atoms with Crippen LogP contribution in [0.5, 0.6) is 0 Å². The minimum Gasteiger partial charge on any atom is -0.361 e. The third-order valence-electron chi connectivity index (χ3n) is 2.63. The lowest BCUT2D eigenvalue weighted by atomic mass is 10.2. The average molecular weight is 241 g/mol. The number of rotatable bonds is 3. The fourth-order valence-electron chi connectivity index (χ4n) is 1.81. The highest BCUT2D eigenvalue weighted by atomic mass is 32.2. The number of hydrogen-bond acceptors (Lipinski definition) is 3. The molecule has 1 unspecified atom stereocenters. The molecule has 1 heterocycles. The van der Waals surface area contributed by atoms with Crippen molar-refractivity contribution in [3.63, 3.8) is 0 Å². The first-order valence-electron chi connectivity index (χ1n) is 5.24. The van der Waals surface area contributed by atoms with Crippen LogP contribution >= 0.6 is 0 Å². The quantitative estimate of drug-likeness (QED) is 0.798. The predicted molar refractivity (Wildman–Crippen MR) is 61.2 cm³/mol. The van der Waals surface area contributed by atoms with Crippen molar-refractivity contribution in [3.05, 3.63) is 35.9 Å². The van der Waals surface area contributed by atoms with Crippen LogP contribution < -0.4 is 0 Å². The van der Waals surface area contributed by atoms with Crippen molar-refractivity contribution in [2.75, 3.05) is 13.2 Å². The molecule has 88 valence electrons. The highest BCUT2D eigenvalue weighted by Crippen LogP contribution is 2.18. The Kier molecular flexibility index (Phi) is 3.28. The average Bonchev–Trinajstić information content (AvgIpc) is 2.66. The zero-order valence-electron chi connectivity index (χ0n) is 9.17. The van der Waals surface area contributed by atoms with Gasteiger partial charge in [0.25, 0.3) is 0 Å². The summed E-state index contributed by atoms with van der Waals surface area (Å²) in [5.41, 5.74) is 0.807. The lowest BCUT2D eigenvalue weighted by Crippen LogP contribution is -2.35. The molecule has 5 heteroatoms. The SMILES string of the molecule is CC1OCCN1S(=O)(=O)Cc1ccccc1. The minimum atomic E-state index is -3.25. The smallest absolute Gasteiger partial charge is 0.220 e. The molecule has 0 aliphatic carbocycles. The summed E-state index contributed by atoms with van der Waals surface area (Å²) in [6.45, 7) is 2.70. The number of nitrogens with zero attached hydrogens (tertiary/aromatic N) is 1. The first-order valence-corrected chi connectivity index (χ1v) is 6.85. The van der Waals surface area contributed by atoms with Crippen LogP contribution in [0.25, 0.3) is 0 Å². The maximum absolute atomic E-state index is 12.1. The van der Waals surface area contributed by atoms with Gasteiger partial charge < -0.3 is 4.74 Å². The summed E-state index contributed by atoms with van der Waals surface area (Å²) in [6.07, 6.45) is -0.339. The second-order valence-electron chi connectivity index (χ2n) is 3.82. The molecule has 0 saturated carbocycles. The van der Waals surface area contributed by atoms with Crippen molar-refractivity contribution < 1.29 is 13.2 Å². The van der Waals surface area contributed by atoms with Crippen LogP contribution in [0.1, 0.15) is 12.5 Å². The summed E-state index contributed by atoms with van der Waals surface area (Å²) in [6, 6.07) is 9.19. The molecule has 0 aromatic heterocycles. The van der Waals surface area contributed by atoms with Gasteiger partial charge in [-0.1, -0.05) is 30.3 Å². The molecule has 16 heavy (non-hydrogen) atoms.